The molecule has 1 aromatic rings. The Hall–Kier alpha value is -1.85. The van der Waals surface area contributed by atoms with Crippen molar-refractivity contribution in [3.63, 3.8) is 0 Å². The molecule has 0 amide bonds. The molecule has 0 radical (unpaired) electrons. The van der Waals surface area contributed by atoms with Gasteiger partial charge in [0.15, 0.2) is 5.69 Å². The molecule has 0 bridgehead atoms. The Morgan fingerprint density at radius 2 is 2.00 bits per heavy atom. The largest absolute Gasteiger partial charge is 0.477 e. The lowest BCUT2D eigenvalue weighted by molar-refractivity contribution is 0.0674. The summed E-state index contributed by atoms with van der Waals surface area (Å²) >= 11 is 0. The molecule has 0 saturated heterocycles. The first kappa shape index (κ1) is 11.2. The quantitative estimate of drug-likeness (QED) is 0.774. The minimum absolute atomic E-state index is 0.0962. The number of aromatic nitrogens is 2. The predicted molar refractivity (Wildman–Crippen MR) is 51.0 cm³/mol. The number of carboxylic acid groups (broad SMARTS) is 2. The smallest absolute Gasteiger partial charge is 0.356 e. The highest BCUT2D eigenvalue weighted by Gasteiger charge is 2.18. The van der Waals surface area contributed by atoms with Crippen LogP contribution in [0.2, 0.25) is 0 Å². The molecule has 0 aliphatic rings. The molecule has 0 unspecified atom stereocenters. The van der Waals surface area contributed by atoms with Crippen LogP contribution < -0.4 is 0 Å². The van der Waals surface area contributed by atoms with E-state index in [9.17, 15) is 9.59 Å². The lowest BCUT2D eigenvalue weighted by atomic mass is 10.2. The first-order valence-electron chi connectivity index (χ1n) is 4.46. The van der Waals surface area contributed by atoms with Gasteiger partial charge in [0, 0.05) is 12.6 Å². The molecule has 1 heterocycles. The second kappa shape index (κ2) is 4.12. The maximum atomic E-state index is 10.8. The molecule has 1 aromatic heterocycles. The van der Waals surface area contributed by atoms with Gasteiger partial charge in [-0.3, -0.25) is 4.68 Å². The van der Waals surface area contributed by atoms with E-state index in [0.717, 1.165) is 6.07 Å². The zero-order chi connectivity index (χ0) is 11.6. The van der Waals surface area contributed by atoms with Crippen LogP contribution in [0.25, 0.3) is 0 Å². The normalized spacial score (nSPS) is 10.6. The van der Waals surface area contributed by atoms with Gasteiger partial charge in [-0.25, -0.2) is 9.59 Å². The molecule has 2 N–H and O–H groups in total. The number of carboxylic acids is 2. The van der Waals surface area contributed by atoms with Crippen molar-refractivity contribution in [2.45, 2.75) is 20.4 Å². The number of aromatic carboxylic acids is 2. The van der Waals surface area contributed by atoms with Crippen LogP contribution in [0, 0.1) is 5.92 Å². The van der Waals surface area contributed by atoms with Crippen molar-refractivity contribution in [3.05, 3.63) is 17.5 Å². The van der Waals surface area contributed by atoms with Crippen LogP contribution in [0.3, 0.4) is 0 Å². The van der Waals surface area contributed by atoms with Gasteiger partial charge in [-0.2, -0.15) is 5.10 Å². The standard InChI is InChI=1S/C9H12N2O4/c1-5(2)4-11-7(9(14)15)3-6(10-11)8(12)13/h3,5H,4H2,1-2H3,(H,12,13)(H,14,15). The van der Waals surface area contributed by atoms with Gasteiger partial charge in [-0.05, 0) is 5.92 Å². The Kier molecular flexibility index (Phi) is 3.08. The van der Waals surface area contributed by atoms with Crippen molar-refractivity contribution in [2.75, 3.05) is 0 Å². The fraction of sp³-hybridized carbons (Fsp3) is 0.444. The third-order valence-electron chi connectivity index (χ3n) is 1.76. The summed E-state index contributed by atoms with van der Waals surface area (Å²) in [6.07, 6.45) is 0. The lowest BCUT2D eigenvalue weighted by Gasteiger charge is -2.06. The number of rotatable bonds is 4. The summed E-state index contributed by atoms with van der Waals surface area (Å²) in [7, 11) is 0. The molecule has 1 rings (SSSR count). The highest BCUT2D eigenvalue weighted by molar-refractivity contribution is 5.91. The molecule has 0 aliphatic heterocycles. The summed E-state index contributed by atoms with van der Waals surface area (Å²) in [5.74, 6) is -2.19. The minimum Gasteiger partial charge on any atom is -0.477 e. The molecule has 0 aliphatic carbocycles. The monoisotopic (exact) mass is 212 g/mol. The van der Waals surface area contributed by atoms with E-state index >= 15 is 0 Å². The topological polar surface area (TPSA) is 92.4 Å². The maximum Gasteiger partial charge on any atom is 0.356 e. The Balaban J connectivity index is 3.11. The molecule has 0 aromatic carbocycles. The van der Waals surface area contributed by atoms with Crippen molar-refractivity contribution in [1.29, 1.82) is 0 Å². The molecule has 82 valence electrons. The molecule has 6 nitrogen and oxygen atoms in total. The Bertz CT molecular complexity index is 395. The average molecular weight is 212 g/mol. The van der Waals surface area contributed by atoms with Crippen LogP contribution in [0.4, 0.5) is 0 Å². The lowest BCUT2D eigenvalue weighted by Crippen LogP contribution is -2.13. The zero-order valence-corrected chi connectivity index (χ0v) is 8.47. The molecule has 15 heavy (non-hydrogen) atoms. The molecule has 0 atom stereocenters. The zero-order valence-electron chi connectivity index (χ0n) is 8.47. The summed E-state index contributed by atoms with van der Waals surface area (Å²) in [6.45, 7) is 4.18. The molecular weight excluding hydrogens is 200 g/mol. The van der Waals surface area contributed by atoms with Crippen LogP contribution >= 0.6 is 0 Å². The predicted octanol–water partition coefficient (Wildman–Crippen LogP) is 0.935. The number of hydrogen-bond donors (Lipinski definition) is 2. The molecule has 0 saturated carbocycles. The van der Waals surface area contributed by atoms with Crippen LogP contribution in [-0.4, -0.2) is 31.9 Å². The van der Waals surface area contributed by atoms with E-state index in [4.69, 9.17) is 10.2 Å². The minimum atomic E-state index is -1.22. The fourth-order valence-electron chi connectivity index (χ4n) is 1.18. The van der Waals surface area contributed by atoms with Crippen molar-refractivity contribution < 1.29 is 19.8 Å². The van der Waals surface area contributed by atoms with Crippen LogP contribution in [-0.2, 0) is 6.54 Å². The van der Waals surface area contributed by atoms with E-state index in [0.29, 0.717) is 6.54 Å². The van der Waals surface area contributed by atoms with Gasteiger partial charge in [0.2, 0.25) is 0 Å². The fourth-order valence-corrected chi connectivity index (χ4v) is 1.18. The van der Waals surface area contributed by atoms with Gasteiger partial charge in [0.25, 0.3) is 0 Å². The summed E-state index contributed by atoms with van der Waals surface area (Å²) in [6, 6.07) is 1.06. The summed E-state index contributed by atoms with van der Waals surface area (Å²) < 4.78 is 1.20. The van der Waals surface area contributed by atoms with Crippen LogP contribution in [0.1, 0.15) is 34.8 Å². The van der Waals surface area contributed by atoms with E-state index in [-0.39, 0.29) is 17.3 Å². The van der Waals surface area contributed by atoms with Gasteiger partial charge >= 0.3 is 11.9 Å². The Morgan fingerprint density at radius 1 is 1.40 bits per heavy atom. The van der Waals surface area contributed by atoms with Crippen molar-refractivity contribution >= 4 is 11.9 Å². The number of hydrogen-bond acceptors (Lipinski definition) is 3. The van der Waals surface area contributed by atoms with Gasteiger partial charge in [-0.1, -0.05) is 13.8 Å². The third-order valence-corrected chi connectivity index (χ3v) is 1.76. The second-order valence-electron chi connectivity index (χ2n) is 3.60. The van der Waals surface area contributed by atoms with Crippen molar-refractivity contribution in [1.82, 2.24) is 9.78 Å². The average Bonchev–Trinajstić information content (AvgIpc) is 2.46. The van der Waals surface area contributed by atoms with Gasteiger partial charge < -0.3 is 10.2 Å². The van der Waals surface area contributed by atoms with Crippen LogP contribution in [0.5, 0.6) is 0 Å². The summed E-state index contributed by atoms with van der Waals surface area (Å²) in [5.41, 5.74) is -0.339. The molecule has 6 heteroatoms. The molecular formula is C9H12N2O4. The SMILES string of the molecule is CC(C)Cn1nc(C(=O)O)cc1C(=O)O. The highest BCUT2D eigenvalue weighted by Crippen LogP contribution is 2.08. The molecule has 0 spiro atoms. The van der Waals surface area contributed by atoms with E-state index < -0.39 is 11.9 Å². The first-order valence-corrected chi connectivity index (χ1v) is 4.46. The number of nitrogens with zero attached hydrogens (tertiary/aromatic N) is 2. The highest BCUT2D eigenvalue weighted by atomic mass is 16.4. The summed E-state index contributed by atoms with van der Waals surface area (Å²) in [5, 5.41) is 21.2. The Labute approximate surface area is 86.1 Å². The van der Waals surface area contributed by atoms with Gasteiger partial charge in [0.1, 0.15) is 5.69 Å². The number of carbonyl (C=O) groups is 2. The van der Waals surface area contributed by atoms with Gasteiger partial charge in [0.05, 0.1) is 0 Å². The van der Waals surface area contributed by atoms with Gasteiger partial charge in [-0.15, -0.1) is 0 Å². The Morgan fingerprint density at radius 3 is 2.40 bits per heavy atom. The van der Waals surface area contributed by atoms with E-state index in [1.807, 2.05) is 13.8 Å². The maximum absolute atomic E-state index is 10.8. The van der Waals surface area contributed by atoms with Crippen molar-refractivity contribution in [3.8, 4) is 0 Å². The first-order chi connectivity index (χ1) is 6.91. The summed E-state index contributed by atoms with van der Waals surface area (Å²) in [4.78, 5) is 21.4. The van der Waals surface area contributed by atoms with E-state index in [1.54, 1.807) is 0 Å². The van der Waals surface area contributed by atoms with Crippen molar-refractivity contribution in [2.24, 2.45) is 5.92 Å². The van der Waals surface area contributed by atoms with Crippen LogP contribution in [0.15, 0.2) is 6.07 Å². The third kappa shape index (κ3) is 2.55. The van der Waals surface area contributed by atoms with E-state index in [2.05, 4.69) is 5.10 Å². The second-order valence-corrected chi connectivity index (χ2v) is 3.60. The van der Waals surface area contributed by atoms with E-state index in [1.165, 1.54) is 4.68 Å². The molecule has 0 fully saturated rings.